The van der Waals surface area contributed by atoms with Crippen molar-refractivity contribution in [1.29, 1.82) is 0 Å². The summed E-state index contributed by atoms with van der Waals surface area (Å²) in [4.78, 5) is 4.70. The fourth-order valence-corrected chi connectivity index (χ4v) is 3.16. The highest BCUT2D eigenvalue weighted by atomic mass is 16.5. The van der Waals surface area contributed by atoms with Crippen molar-refractivity contribution in [2.75, 3.05) is 51.3 Å². The molecule has 0 unspecified atom stereocenters. The van der Waals surface area contributed by atoms with Crippen LogP contribution >= 0.6 is 0 Å². The standard InChI is InChI=1S/C21H28N2O3/c1-17-3-5-18(6-4-17)23-13-11-22(12-14-23)15-19(24)16-26-21-9-7-20(25-2)8-10-21/h3-10,19,24H,11-16H2,1-2H3/t19-/m0/s1. The van der Waals surface area contributed by atoms with Gasteiger partial charge < -0.3 is 19.5 Å². The predicted molar refractivity (Wildman–Crippen MR) is 104 cm³/mol. The molecule has 1 N–H and O–H groups in total. The van der Waals surface area contributed by atoms with Gasteiger partial charge in [0.25, 0.3) is 0 Å². The van der Waals surface area contributed by atoms with Crippen LogP contribution in [0, 0.1) is 6.92 Å². The third-order valence-electron chi connectivity index (χ3n) is 4.74. The Kier molecular flexibility index (Phi) is 6.36. The van der Waals surface area contributed by atoms with Gasteiger partial charge in [-0.1, -0.05) is 17.7 Å². The smallest absolute Gasteiger partial charge is 0.119 e. The van der Waals surface area contributed by atoms with Gasteiger partial charge in [-0.05, 0) is 43.3 Å². The number of nitrogens with zero attached hydrogens (tertiary/aromatic N) is 2. The lowest BCUT2D eigenvalue weighted by molar-refractivity contribution is 0.0663. The summed E-state index contributed by atoms with van der Waals surface area (Å²) in [5.41, 5.74) is 2.56. The van der Waals surface area contributed by atoms with E-state index in [0.29, 0.717) is 13.2 Å². The van der Waals surface area contributed by atoms with Crippen molar-refractivity contribution in [3.05, 3.63) is 54.1 Å². The van der Waals surface area contributed by atoms with Crippen LogP contribution in [-0.2, 0) is 0 Å². The summed E-state index contributed by atoms with van der Waals surface area (Å²) in [6, 6.07) is 16.1. The molecule has 0 aromatic heterocycles. The number of benzene rings is 2. The number of aliphatic hydroxyl groups excluding tert-OH is 1. The zero-order valence-electron chi connectivity index (χ0n) is 15.6. The summed E-state index contributed by atoms with van der Waals surface area (Å²) in [7, 11) is 1.64. The SMILES string of the molecule is COc1ccc(OC[C@@H](O)CN2CCN(c3ccc(C)cc3)CC2)cc1. The number of piperazine rings is 1. The lowest BCUT2D eigenvalue weighted by Crippen LogP contribution is -2.49. The van der Waals surface area contributed by atoms with Crippen LogP contribution in [0.2, 0.25) is 0 Å². The number of aliphatic hydroxyl groups is 1. The highest BCUT2D eigenvalue weighted by molar-refractivity contribution is 5.47. The molecule has 2 aromatic rings. The lowest BCUT2D eigenvalue weighted by atomic mass is 10.2. The summed E-state index contributed by atoms with van der Waals surface area (Å²) >= 11 is 0. The number of aryl methyl sites for hydroxylation is 1. The van der Waals surface area contributed by atoms with Gasteiger partial charge in [0.05, 0.1) is 7.11 Å². The van der Waals surface area contributed by atoms with Crippen LogP contribution in [0.3, 0.4) is 0 Å². The van der Waals surface area contributed by atoms with Crippen LogP contribution in [0.25, 0.3) is 0 Å². The van der Waals surface area contributed by atoms with Gasteiger partial charge in [-0.15, -0.1) is 0 Å². The molecule has 0 saturated carbocycles. The van der Waals surface area contributed by atoms with Crippen LogP contribution in [0.1, 0.15) is 5.56 Å². The number of β-amino-alcohol motifs (C(OH)–C–C–N with tert-alkyl or cyclic N) is 1. The molecule has 2 aromatic carbocycles. The van der Waals surface area contributed by atoms with E-state index in [2.05, 4.69) is 41.0 Å². The molecule has 5 nitrogen and oxygen atoms in total. The Labute approximate surface area is 155 Å². The van der Waals surface area contributed by atoms with Crippen LogP contribution < -0.4 is 14.4 Å². The quantitative estimate of drug-likeness (QED) is 0.826. The van der Waals surface area contributed by atoms with Crippen molar-refractivity contribution in [3.8, 4) is 11.5 Å². The highest BCUT2D eigenvalue weighted by Crippen LogP contribution is 2.18. The van der Waals surface area contributed by atoms with E-state index < -0.39 is 6.10 Å². The van der Waals surface area contributed by atoms with E-state index in [4.69, 9.17) is 9.47 Å². The molecule has 0 bridgehead atoms. The Morgan fingerprint density at radius 1 is 0.923 bits per heavy atom. The number of hydrogen-bond acceptors (Lipinski definition) is 5. The molecule has 140 valence electrons. The number of methoxy groups -OCH3 is 1. The van der Waals surface area contributed by atoms with E-state index in [1.165, 1.54) is 11.3 Å². The van der Waals surface area contributed by atoms with Crippen LogP contribution in [0.15, 0.2) is 48.5 Å². The van der Waals surface area contributed by atoms with Crippen molar-refractivity contribution in [2.45, 2.75) is 13.0 Å². The molecule has 1 aliphatic heterocycles. The summed E-state index contributed by atoms with van der Waals surface area (Å²) in [5.74, 6) is 1.54. The van der Waals surface area contributed by atoms with Crippen molar-refractivity contribution in [2.24, 2.45) is 0 Å². The number of rotatable bonds is 7. The minimum Gasteiger partial charge on any atom is -0.497 e. The van der Waals surface area contributed by atoms with Crippen molar-refractivity contribution in [1.82, 2.24) is 4.90 Å². The second kappa shape index (κ2) is 8.92. The first-order valence-corrected chi connectivity index (χ1v) is 9.13. The molecule has 1 heterocycles. The molecule has 0 radical (unpaired) electrons. The Bertz CT molecular complexity index is 665. The first-order valence-electron chi connectivity index (χ1n) is 9.13. The molecule has 1 aliphatic rings. The number of ether oxygens (including phenoxy) is 2. The fraction of sp³-hybridized carbons (Fsp3) is 0.429. The van der Waals surface area contributed by atoms with E-state index >= 15 is 0 Å². The molecule has 1 fully saturated rings. The zero-order chi connectivity index (χ0) is 18.4. The van der Waals surface area contributed by atoms with Gasteiger partial charge in [0.1, 0.15) is 24.2 Å². The molecular formula is C21H28N2O3. The van der Waals surface area contributed by atoms with Crippen LogP contribution in [0.5, 0.6) is 11.5 Å². The predicted octanol–water partition coefficient (Wildman–Crippen LogP) is 2.57. The van der Waals surface area contributed by atoms with E-state index in [9.17, 15) is 5.11 Å². The Morgan fingerprint density at radius 2 is 1.54 bits per heavy atom. The molecule has 0 spiro atoms. The summed E-state index contributed by atoms with van der Waals surface area (Å²) in [6.45, 7) is 6.91. The largest absolute Gasteiger partial charge is 0.497 e. The van der Waals surface area contributed by atoms with E-state index in [1.54, 1.807) is 7.11 Å². The van der Waals surface area contributed by atoms with E-state index in [0.717, 1.165) is 37.7 Å². The van der Waals surface area contributed by atoms with Gasteiger partial charge in [-0.3, -0.25) is 4.90 Å². The van der Waals surface area contributed by atoms with E-state index in [-0.39, 0.29) is 0 Å². The van der Waals surface area contributed by atoms with Crippen molar-refractivity contribution in [3.63, 3.8) is 0 Å². The first kappa shape index (κ1) is 18.5. The molecule has 0 aliphatic carbocycles. The molecule has 26 heavy (non-hydrogen) atoms. The van der Waals surface area contributed by atoms with Crippen LogP contribution in [-0.4, -0.2) is 62.6 Å². The summed E-state index contributed by atoms with van der Waals surface area (Å²) in [6.07, 6.45) is -0.497. The first-order chi connectivity index (χ1) is 12.6. The molecule has 1 saturated heterocycles. The Morgan fingerprint density at radius 3 is 2.15 bits per heavy atom. The average molecular weight is 356 g/mol. The van der Waals surface area contributed by atoms with Gasteiger partial charge in [0.15, 0.2) is 0 Å². The minimum absolute atomic E-state index is 0.296. The van der Waals surface area contributed by atoms with Crippen LogP contribution in [0.4, 0.5) is 5.69 Å². The van der Waals surface area contributed by atoms with E-state index in [1.807, 2.05) is 24.3 Å². The fourth-order valence-electron chi connectivity index (χ4n) is 3.16. The normalized spacial score (nSPS) is 16.3. The summed E-state index contributed by atoms with van der Waals surface area (Å²) < 4.78 is 10.8. The molecular weight excluding hydrogens is 328 g/mol. The lowest BCUT2D eigenvalue weighted by Gasteiger charge is -2.36. The second-order valence-electron chi connectivity index (χ2n) is 6.76. The Hall–Kier alpha value is -2.24. The minimum atomic E-state index is -0.497. The molecule has 3 rings (SSSR count). The maximum atomic E-state index is 10.3. The van der Waals surface area contributed by atoms with Gasteiger partial charge in [0.2, 0.25) is 0 Å². The second-order valence-corrected chi connectivity index (χ2v) is 6.76. The van der Waals surface area contributed by atoms with Crippen molar-refractivity contribution < 1.29 is 14.6 Å². The third kappa shape index (κ3) is 5.13. The third-order valence-corrected chi connectivity index (χ3v) is 4.74. The zero-order valence-corrected chi connectivity index (χ0v) is 15.6. The molecule has 1 atom stereocenters. The molecule has 0 amide bonds. The van der Waals surface area contributed by atoms with Gasteiger partial charge in [0, 0.05) is 38.4 Å². The highest BCUT2D eigenvalue weighted by Gasteiger charge is 2.19. The monoisotopic (exact) mass is 356 g/mol. The maximum Gasteiger partial charge on any atom is 0.119 e. The summed E-state index contributed by atoms with van der Waals surface area (Å²) in [5, 5.41) is 10.3. The average Bonchev–Trinajstić information content (AvgIpc) is 2.68. The Balaban J connectivity index is 1.40. The van der Waals surface area contributed by atoms with Gasteiger partial charge >= 0.3 is 0 Å². The van der Waals surface area contributed by atoms with Gasteiger partial charge in [-0.2, -0.15) is 0 Å². The van der Waals surface area contributed by atoms with Gasteiger partial charge in [-0.25, -0.2) is 0 Å². The molecule has 5 heteroatoms. The maximum absolute atomic E-state index is 10.3. The number of hydrogen-bond donors (Lipinski definition) is 1. The van der Waals surface area contributed by atoms with Crippen molar-refractivity contribution >= 4 is 5.69 Å². The number of anilines is 1. The topological polar surface area (TPSA) is 45.2 Å².